The molecule has 0 atom stereocenters. The maximum Gasteiger partial charge on any atom is 0.246 e. The number of nitrogens with zero attached hydrogens (tertiary/aromatic N) is 3. The van der Waals surface area contributed by atoms with Gasteiger partial charge in [0.2, 0.25) is 17.6 Å². The molecule has 170 valence electrons. The first-order chi connectivity index (χ1) is 16.1. The number of hydrogen-bond acceptors (Lipinski definition) is 7. The monoisotopic (exact) mass is 447 g/mol. The number of allylic oxidation sites excluding steroid dienone is 1. The van der Waals surface area contributed by atoms with Crippen LogP contribution in [-0.4, -0.2) is 54.0 Å². The number of rotatable bonds is 7. The van der Waals surface area contributed by atoms with Crippen molar-refractivity contribution in [3.8, 4) is 22.9 Å². The second-order valence-electron chi connectivity index (χ2n) is 7.69. The minimum absolute atomic E-state index is 0.0744. The first-order valence-corrected chi connectivity index (χ1v) is 10.7. The van der Waals surface area contributed by atoms with Crippen molar-refractivity contribution in [2.45, 2.75) is 18.8 Å². The summed E-state index contributed by atoms with van der Waals surface area (Å²) in [7, 11) is 3.16. The lowest BCUT2D eigenvalue weighted by molar-refractivity contribution is -0.127. The van der Waals surface area contributed by atoms with Crippen molar-refractivity contribution in [2.75, 3.05) is 27.3 Å². The van der Waals surface area contributed by atoms with Crippen LogP contribution in [0.4, 0.5) is 0 Å². The van der Waals surface area contributed by atoms with Crippen molar-refractivity contribution in [1.82, 2.24) is 15.0 Å². The van der Waals surface area contributed by atoms with E-state index in [1.807, 2.05) is 12.1 Å². The van der Waals surface area contributed by atoms with E-state index in [0.29, 0.717) is 54.7 Å². The van der Waals surface area contributed by atoms with Crippen molar-refractivity contribution in [1.29, 1.82) is 0 Å². The van der Waals surface area contributed by atoms with Crippen LogP contribution in [0.2, 0.25) is 0 Å². The SMILES string of the molecule is COc1ccc(-c2noc(C3CCN(C(=O)/C=C/C(=O)c4ccccc4)CC3)n2)cc1OC. The average molecular weight is 447 g/mol. The highest BCUT2D eigenvalue weighted by Crippen LogP contribution is 2.33. The molecule has 1 saturated heterocycles. The van der Waals surface area contributed by atoms with Gasteiger partial charge in [-0.15, -0.1) is 0 Å². The predicted molar refractivity (Wildman–Crippen MR) is 121 cm³/mol. The molecule has 1 aliphatic heterocycles. The molecule has 8 nitrogen and oxygen atoms in total. The quantitative estimate of drug-likeness (QED) is 0.400. The van der Waals surface area contributed by atoms with Crippen LogP contribution in [0, 0.1) is 0 Å². The number of ketones is 1. The van der Waals surface area contributed by atoms with Crippen LogP contribution >= 0.6 is 0 Å². The fraction of sp³-hybridized carbons (Fsp3) is 0.280. The zero-order valence-corrected chi connectivity index (χ0v) is 18.6. The molecule has 0 bridgehead atoms. The molecule has 4 rings (SSSR count). The molecule has 0 radical (unpaired) electrons. The molecule has 2 heterocycles. The minimum Gasteiger partial charge on any atom is -0.493 e. The Hall–Kier alpha value is -3.94. The van der Waals surface area contributed by atoms with Crippen LogP contribution in [0.3, 0.4) is 0 Å². The number of carbonyl (C=O) groups excluding carboxylic acids is 2. The van der Waals surface area contributed by atoms with Gasteiger partial charge in [0, 0.05) is 36.2 Å². The third kappa shape index (κ3) is 5.11. The standard InChI is InChI=1S/C25H25N3O5/c1-31-21-10-8-19(16-22(21)32-2)24-26-25(33-27-24)18-12-14-28(15-13-18)23(30)11-9-20(29)17-6-4-3-5-7-17/h3-11,16,18H,12-15H2,1-2H3/b11-9+. The number of piperidine rings is 1. The molecule has 0 N–H and O–H groups in total. The van der Waals surface area contributed by atoms with E-state index in [4.69, 9.17) is 14.0 Å². The number of aromatic nitrogens is 2. The zero-order chi connectivity index (χ0) is 23.2. The lowest BCUT2D eigenvalue weighted by Gasteiger charge is -2.29. The van der Waals surface area contributed by atoms with Crippen LogP contribution < -0.4 is 9.47 Å². The van der Waals surface area contributed by atoms with Gasteiger partial charge in [-0.25, -0.2) is 0 Å². The number of likely N-dealkylation sites (tertiary alicyclic amines) is 1. The maximum absolute atomic E-state index is 12.5. The molecule has 0 saturated carbocycles. The van der Waals surface area contributed by atoms with E-state index in [9.17, 15) is 9.59 Å². The third-order valence-corrected chi connectivity index (χ3v) is 5.67. The summed E-state index contributed by atoms with van der Waals surface area (Å²) in [6.07, 6.45) is 4.09. The van der Waals surface area contributed by atoms with Crippen LogP contribution in [0.5, 0.6) is 11.5 Å². The lowest BCUT2D eigenvalue weighted by Crippen LogP contribution is -2.37. The molecule has 1 amide bonds. The van der Waals surface area contributed by atoms with Crippen molar-refractivity contribution >= 4 is 11.7 Å². The van der Waals surface area contributed by atoms with Crippen molar-refractivity contribution in [2.24, 2.45) is 0 Å². The van der Waals surface area contributed by atoms with Gasteiger partial charge in [0.15, 0.2) is 17.3 Å². The molecule has 0 unspecified atom stereocenters. The Bertz CT molecular complexity index is 1150. The first kappa shape index (κ1) is 22.3. The summed E-state index contributed by atoms with van der Waals surface area (Å²) in [6.45, 7) is 1.11. The van der Waals surface area contributed by atoms with E-state index in [1.165, 1.54) is 12.2 Å². The molecular formula is C25H25N3O5. The van der Waals surface area contributed by atoms with E-state index < -0.39 is 0 Å². The Morgan fingerprint density at radius 1 is 1.00 bits per heavy atom. The van der Waals surface area contributed by atoms with E-state index in [-0.39, 0.29) is 17.6 Å². The Morgan fingerprint density at radius 3 is 2.42 bits per heavy atom. The van der Waals surface area contributed by atoms with Gasteiger partial charge in [-0.3, -0.25) is 9.59 Å². The Balaban J connectivity index is 1.35. The molecule has 8 heteroatoms. The Labute approximate surface area is 191 Å². The van der Waals surface area contributed by atoms with Gasteiger partial charge in [-0.05, 0) is 37.1 Å². The first-order valence-electron chi connectivity index (χ1n) is 10.7. The number of benzene rings is 2. The largest absolute Gasteiger partial charge is 0.493 e. The lowest BCUT2D eigenvalue weighted by atomic mass is 9.96. The maximum atomic E-state index is 12.5. The van der Waals surface area contributed by atoms with E-state index in [1.54, 1.807) is 55.5 Å². The van der Waals surface area contributed by atoms with Crippen LogP contribution in [-0.2, 0) is 4.79 Å². The summed E-state index contributed by atoms with van der Waals surface area (Å²) in [4.78, 5) is 31.0. The molecule has 0 aliphatic carbocycles. The molecule has 33 heavy (non-hydrogen) atoms. The van der Waals surface area contributed by atoms with E-state index >= 15 is 0 Å². The topological polar surface area (TPSA) is 94.8 Å². The fourth-order valence-electron chi connectivity index (χ4n) is 3.79. The molecule has 1 fully saturated rings. The van der Waals surface area contributed by atoms with Crippen molar-refractivity contribution in [3.05, 3.63) is 72.1 Å². The number of methoxy groups -OCH3 is 2. The summed E-state index contributed by atoms with van der Waals surface area (Å²) >= 11 is 0. The molecule has 1 aromatic heterocycles. The minimum atomic E-state index is -0.188. The smallest absolute Gasteiger partial charge is 0.246 e. The Kier molecular flexibility index (Phi) is 6.83. The van der Waals surface area contributed by atoms with Crippen LogP contribution in [0.1, 0.15) is 35.0 Å². The van der Waals surface area contributed by atoms with Gasteiger partial charge >= 0.3 is 0 Å². The average Bonchev–Trinajstić information content (AvgIpc) is 3.37. The fourth-order valence-corrected chi connectivity index (χ4v) is 3.79. The van der Waals surface area contributed by atoms with Gasteiger partial charge in [-0.1, -0.05) is 35.5 Å². The highest BCUT2D eigenvalue weighted by Gasteiger charge is 2.27. The molecule has 0 spiro atoms. The summed E-state index contributed by atoms with van der Waals surface area (Å²) in [5.41, 5.74) is 1.32. The number of ether oxygens (including phenoxy) is 2. The summed E-state index contributed by atoms with van der Waals surface area (Å²) in [5, 5.41) is 4.11. The zero-order valence-electron chi connectivity index (χ0n) is 18.6. The van der Waals surface area contributed by atoms with Gasteiger partial charge < -0.3 is 18.9 Å². The predicted octanol–water partition coefficient (Wildman–Crippen LogP) is 3.90. The molecule has 3 aromatic rings. The second kappa shape index (κ2) is 10.1. The second-order valence-corrected chi connectivity index (χ2v) is 7.69. The number of carbonyl (C=O) groups is 2. The Morgan fingerprint density at radius 2 is 1.73 bits per heavy atom. The van der Waals surface area contributed by atoms with E-state index in [2.05, 4.69) is 10.1 Å². The van der Waals surface area contributed by atoms with Gasteiger partial charge in [0.25, 0.3) is 0 Å². The van der Waals surface area contributed by atoms with Gasteiger partial charge in [0.05, 0.1) is 14.2 Å². The summed E-state index contributed by atoms with van der Waals surface area (Å²) in [6, 6.07) is 14.3. The third-order valence-electron chi connectivity index (χ3n) is 5.67. The van der Waals surface area contributed by atoms with E-state index in [0.717, 1.165) is 5.56 Å². The van der Waals surface area contributed by atoms with Crippen molar-refractivity contribution < 1.29 is 23.6 Å². The van der Waals surface area contributed by atoms with Crippen molar-refractivity contribution in [3.63, 3.8) is 0 Å². The molecular weight excluding hydrogens is 422 g/mol. The number of hydrogen-bond donors (Lipinski definition) is 0. The summed E-state index contributed by atoms with van der Waals surface area (Å²) in [5.74, 6) is 1.97. The highest BCUT2D eigenvalue weighted by atomic mass is 16.5. The van der Waals surface area contributed by atoms with Crippen LogP contribution in [0.15, 0.2) is 65.2 Å². The molecule has 1 aliphatic rings. The van der Waals surface area contributed by atoms with Crippen LogP contribution in [0.25, 0.3) is 11.4 Å². The summed E-state index contributed by atoms with van der Waals surface area (Å²) < 4.78 is 16.1. The highest BCUT2D eigenvalue weighted by molar-refractivity contribution is 6.07. The molecule has 2 aromatic carbocycles. The van der Waals surface area contributed by atoms with Gasteiger partial charge in [0.1, 0.15) is 0 Å². The normalized spacial score (nSPS) is 14.4. The van der Waals surface area contributed by atoms with Gasteiger partial charge in [-0.2, -0.15) is 4.98 Å². The number of amides is 1.